The van der Waals surface area contributed by atoms with E-state index in [4.69, 9.17) is 15.0 Å². The van der Waals surface area contributed by atoms with Gasteiger partial charge in [0, 0.05) is 52.0 Å². The van der Waals surface area contributed by atoms with Gasteiger partial charge in [-0.25, -0.2) is 0 Å². The predicted molar refractivity (Wildman–Crippen MR) is 314 cm³/mol. The zero-order valence-corrected chi connectivity index (χ0v) is 42.2. The Hall–Kier alpha value is -9.57. The second-order valence-corrected chi connectivity index (χ2v) is 19.3. The van der Waals surface area contributed by atoms with Gasteiger partial charge < -0.3 is 0 Å². The van der Waals surface area contributed by atoms with E-state index in [1.165, 1.54) is 27.8 Å². The largest absolute Gasteiger partial charge is 0.256 e. The molecule has 0 N–H and O–H groups in total. The summed E-state index contributed by atoms with van der Waals surface area (Å²) < 4.78 is 0. The van der Waals surface area contributed by atoms with Crippen LogP contribution in [0.25, 0.3) is 123 Å². The van der Waals surface area contributed by atoms with Gasteiger partial charge >= 0.3 is 0 Å². The normalized spacial score (nSPS) is 11.1. The van der Waals surface area contributed by atoms with E-state index >= 15 is 0 Å². The Bertz CT molecular complexity index is 3860. The first-order chi connectivity index (χ1) is 36.9. The van der Waals surface area contributed by atoms with Gasteiger partial charge in [-0.15, -0.1) is 0 Å². The molecule has 0 saturated heterocycles. The molecule has 0 spiro atoms. The molecule has 0 amide bonds. The zero-order chi connectivity index (χ0) is 50.7. The lowest BCUT2D eigenvalue weighted by Gasteiger charge is -2.19. The predicted octanol–water partition coefficient (Wildman–Crippen LogP) is 19.1. The lowest BCUT2D eigenvalue weighted by Crippen LogP contribution is -1.95. The van der Waals surface area contributed by atoms with Gasteiger partial charge in [0.25, 0.3) is 0 Å². The molecule has 356 valence electrons. The molecule has 0 atom stereocenters. The van der Waals surface area contributed by atoms with E-state index in [1.54, 1.807) is 0 Å². The van der Waals surface area contributed by atoms with Crippen molar-refractivity contribution in [3.05, 3.63) is 284 Å². The van der Waals surface area contributed by atoms with Crippen molar-refractivity contribution >= 4 is 0 Å². The Morgan fingerprint density at radius 1 is 0.187 bits per heavy atom. The van der Waals surface area contributed by atoms with E-state index in [-0.39, 0.29) is 0 Å². The van der Waals surface area contributed by atoms with Crippen LogP contribution in [0.4, 0.5) is 0 Å². The first kappa shape index (κ1) is 46.5. The standard InChI is InChI=1S/C72H53N3/c1-48-38-70(54-22-9-5-10-23-54)73-45-67(48)64-31-16-13-28-61(64)58-42-59(62-29-14-17-32-65(62)68-46-74-71(39-49(68)2)55-24-11-6-12-25-55)44-60(43-58)63-30-15-18-33-66(63)69-47-75-72(40-50(69)3)57-27-19-26-56(41-57)53-36-34-52(35-37-53)51-20-7-4-8-21-51/h4-47H,1-3H3. The van der Waals surface area contributed by atoms with Crippen LogP contribution in [0.2, 0.25) is 0 Å². The van der Waals surface area contributed by atoms with Crippen LogP contribution in [-0.4, -0.2) is 15.0 Å². The smallest absolute Gasteiger partial charge is 0.0705 e. The van der Waals surface area contributed by atoms with Gasteiger partial charge in [0.15, 0.2) is 0 Å². The molecule has 3 heteroatoms. The maximum atomic E-state index is 5.19. The summed E-state index contributed by atoms with van der Waals surface area (Å²) in [6.07, 6.45) is 6.14. The molecule has 0 fully saturated rings. The quantitative estimate of drug-likeness (QED) is 0.130. The monoisotopic (exact) mass is 959 g/mol. The summed E-state index contributed by atoms with van der Waals surface area (Å²) in [5.41, 5.74) is 27.8. The van der Waals surface area contributed by atoms with E-state index in [0.29, 0.717) is 0 Å². The highest BCUT2D eigenvalue weighted by atomic mass is 14.7. The molecular formula is C72H53N3. The van der Waals surface area contributed by atoms with E-state index < -0.39 is 0 Å². The minimum absolute atomic E-state index is 0.942. The molecule has 0 aliphatic carbocycles. The average Bonchev–Trinajstić information content (AvgIpc) is 3.48. The fourth-order valence-corrected chi connectivity index (χ4v) is 10.6. The van der Waals surface area contributed by atoms with Crippen molar-refractivity contribution in [1.82, 2.24) is 15.0 Å². The summed E-state index contributed by atoms with van der Waals surface area (Å²) in [5.74, 6) is 0. The molecule has 0 radical (unpaired) electrons. The van der Waals surface area contributed by atoms with Gasteiger partial charge in [-0.2, -0.15) is 0 Å². The number of hydrogen-bond donors (Lipinski definition) is 0. The van der Waals surface area contributed by atoms with Gasteiger partial charge in [-0.3, -0.25) is 15.0 Å². The van der Waals surface area contributed by atoms with Gasteiger partial charge in [0.1, 0.15) is 0 Å². The molecular weight excluding hydrogens is 907 g/mol. The number of aromatic nitrogens is 3. The Labute approximate surface area is 440 Å². The molecule has 0 aliphatic heterocycles. The van der Waals surface area contributed by atoms with E-state index in [2.05, 4.69) is 264 Å². The summed E-state index contributed by atoms with van der Waals surface area (Å²) in [7, 11) is 0. The van der Waals surface area contributed by atoms with Crippen LogP contribution in [0.15, 0.2) is 267 Å². The van der Waals surface area contributed by atoms with Crippen molar-refractivity contribution in [3.8, 4) is 123 Å². The summed E-state index contributed by atoms with van der Waals surface area (Å²) in [5, 5.41) is 0. The van der Waals surface area contributed by atoms with Crippen LogP contribution in [0.1, 0.15) is 16.7 Å². The maximum absolute atomic E-state index is 5.19. The molecule has 0 aliphatic rings. The SMILES string of the molecule is Cc1cc(-c2ccccc2)ncc1-c1ccccc1-c1cc(-c2ccccc2-c2cnc(-c3ccccc3)cc2C)cc(-c2ccccc2-c2cnc(-c3cccc(-c4ccc(-c5ccccc5)cc4)c3)cc2C)c1. The van der Waals surface area contributed by atoms with Crippen LogP contribution in [0.3, 0.4) is 0 Å². The first-order valence-electron chi connectivity index (χ1n) is 25.6. The second-order valence-electron chi connectivity index (χ2n) is 19.3. The van der Waals surface area contributed by atoms with Gasteiger partial charge in [-0.1, -0.05) is 206 Å². The molecule has 12 aromatic rings. The summed E-state index contributed by atoms with van der Waals surface area (Å²) in [6.45, 7) is 6.59. The highest BCUT2D eigenvalue weighted by molar-refractivity contribution is 5.95. The van der Waals surface area contributed by atoms with Crippen LogP contribution < -0.4 is 0 Å². The van der Waals surface area contributed by atoms with Gasteiger partial charge in [0.2, 0.25) is 0 Å². The van der Waals surface area contributed by atoms with Crippen molar-refractivity contribution in [2.24, 2.45) is 0 Å². The number of aryl methyl sites for hydroxylation is 3. The number of pyridine rings is 3. The Kier molecular flexibility index (Phi) is 12.7. The zero-order valence-electron chi connectivity index (χ0n) is 42.2. The Morgan fingerprint density at radius 2 is 0.453 bits per heavy atom. The first-order valence-corrected chi connectivity index (χ1v) is 25.6. The van der Waals surface area contributed by atoms with E-state index in [0.717, 1.165) is 112 Å². The number of hydrogen-bond acceptors (Lipinski definition) is 3. The third kappa shape index (κ3) is 9.52. The van der Waals surface area contributed by atoms with Crippen molar-refractivity contribution < 1.29 is 0 Å². The lowest BCUT2D eigenvalue weighted by molar-refractivity contribution is 1.28. The van der Waals surface area contributed by atoms with Gasteiger partial charge in [0.05, 0.1) is 17.1 Å². The van der Waals surface area contributed by atoms with Crippen LogP contribution in [0.5, 0.6) is 0 Å². The van der Waals surface area contributed by atoms with Crippen molar-refractivity contribution in [2.45, 2.75) is 20.8 Å². The minimum Gasteiger partial charge on any atom is -0.256 e. The Balaban J connectivity index is 0.963. The fraction of sp³-hybridized carbons (Fsp3) is 0.0417. The molecule has 9 aromatic carbocycles. The summed E-state index contributed by atoms with van der Waals surface area (Å²) in [6, 6.07) is 88.9. The number of benzene rings is 9. The van der Waals surface area contributed by atoms with Crippen LogP contribution >= 0.6 is 0 Å². The number of nitrogens with zero attached hydrogens (tertiary/aromatic N) is 3. The van der Waals surface area contributed by atoms with Crippen molar-refractivity contribution in [3.63, 3.8) is 0 Å². The highest BCUT2D eigenvalue weighted by Crippen LogP contribution is 2.44. The lowest BCUT2D eigenvalue weighted by atomic mass is 9.85. The fourth-order valence-electron chi connectivity index (χ4n) is 10.6. The number of rotatable bonds is 11. The highest BCUT2D eigenvalue weighted by Gasteiger charge is 2.19. The third-order valence-electron chi connectivity index (χ3n) is 14.5. The van der Waals surface area contributed by atoms with Crippen molar-refractivity contribution in [1.29, 1.82) is 0 Å². The van der Waals surface area contributed by atoms with Crippen molar-refractivity contribution in [2.75, 3.05) is 0 Å². The molecule has 3 aromatic heterocycles. The molecule has 3 nitrogen and oxygen atoms in total. The summed E-state index contributed by atoms with van der Waals surface area (Å²) in [4.78, 5) is 15.2. The van der Waals surface area contributed by atoms with E-state index in [1.807, 2.05) is 24.5 Å². The van der Waals surface area contributed by atoms with E-state index in [9.17, 15) is 0 Å². The Morgan fingerprint density at radius 3 is 0.827 bits per heavy atom. The summed E-state index contributed by atoms with van der Waals surface area (Å²) >= 11 is 0. The minimum atomic E-state index is 0.942. The van der Waals surface area contributed by atoms with Gasteiger partial charge in [-0.05, 0) is 152 Å². The molecule has 0 unspecified atom stereocenters. The molecule has 0 saturated carbocycles. The third-order valence-corrected chi connectivity index (χ3v) is 14.5. The topological polar surface area (TPSA) is 38.7 Å². The average molecular weight is 960 g/mol. The van der Waals surface area contributed by atoms with Crippen LogP contribution in [-0.2, 0) is 0 Å². The van der Waals surface area contributed by atoms with Crippen LogP contribution in [0, 0.1) is 20.8 Å². The second kappa shape index (κ2) is 20.5. The molecule has 75 heavy (non-hydrogen) atoms. The molecule has 0 bridgehead atoms. The molecule has 3 heterocycles. The molecule has 12 rings (SSSR count). The maximum Gasteiger partial charge on any atom is 0.0705 e.